The van der Waals surface area contributed by atoms with E-state index >= 15 is 0 Å². The van der Waals surface area contributed by atoms with Gasteiger partial charge < -0.3 is 0 Å². The molecule has 0 aliphatic heterocycles. The molecule has 0 unspecified atom stereocenters. The van der Waals surface area contributed by atoms with Crippen LogP contribution in [-0.2, 0) is 5.11 Å². The third-order valence-corrected chi connectivity index (χ3v) is 3.13. The van der Waals surface area contributed by atoms with Gasteiger partial charge in [0.05, 0.1) is 4.92 Å². The highest BCUT2D eigenvalue weighted by Gasteiger charge is 2.10. The van der Waals surface area contributed by atoms with Crippen LogP contribution in [0.3, 0.4) is 0 Å². The zero-order valence-electron chi connectivity index (χ0n) is 10.1. The van der Waals surface area contributed by atoms with E-state index < -0.39 is 4.92 Å². The fourth-order valence-electron chi connectivity index (χ4n) is 1.87. The predicted molar refractivity (Wildman–Crippen MR) is 68.1 cm³/mol. The van der Waals surface area contributed by atoms with Crippen LogP contribution in [0.1, 0.15) is 11.1 Å². The van der Waals surface area contributed by atoms with Gasteiger partial charge in [0, 0.05) is 12.1 Å². The van der Waals surface area contributed by atoms with Crippen molar-refractivity contribution in [2.24, 2.45) is 0 Å². The molecule has 0 heterocycles. The maximum Gasteiger partial charge on any atom is 0.269 e. The molecule has 0 saturated carbocycles. The second-order valence-corrected chi connectivity index (χ2v) is 4.17. The third kappa shape index (κ3) is 2.05. The lowest BCUT2D eigenvalue weighted by molar-refractivity contribution is -0.384. The molecule has 0 fully saturated rings. The van der Waals surface area contributed by atoms with E-state index in [0.29, 0.717) is 5.56 Å². The summed E-state index contributed by atoms with van der Waals surface area (Å²) in [4.78, 5) is 10.2. The molecule has 0 N–H and O–H groups in total. The van der Waals surface area contributed by atoms with E-state index in [1.165, 1.54) is 18.2 Å². The van der Waals surface area contributed by atoms with Crippen LogP contribution in [0.2, 0.25) is 0 Å². The highest BCUT2D eigenvalue weighted by atomic mass is 16.6. The summed E-state index contributed by atoms with van der Waals surface area (Å²) in [7, 11) is 0. The number of nitro benzene ring substituents is 1. The van der Waals surface area contributed by atoms with Crippen LogP contribution < -0.4 is 0 Å². The van der Waals surface area contributed by atoms with Crippen LogP contribution in [0.5, 0.6) is 5.75 Å². The Labute approximate surface area is 105 Å². The van der Waals surface area contributed by atoms with Crippen LogP contribution in [0.4, 0.5) is 5.69 Å². The van der Waals surface area contributed by atoms with Crippen molar-refractivity contribution in [1.29, 1.82) is 0 Å². The van der Waals surface area contributed by atoms with Crippen molar-refractivity contribution >= 4 is 5.69 Å². The summed E-state index contributed by atoms with van der Waals surface area (Å²) in [5.74, 6) is 0.0122. The summed E-state index contributed by atoms with van der Waals surface area (Å²) in [6.45, 7) is 3.67. The molecule has 0 aromatic heterocycles. The first kappa shape index (κ1) is 12.1. The van der Waals surface area contributed by atoms with Gasteiger partial charge in [0.1, 0.15) is 0 Å². The Morgan fingerprint density at radius 2 is 1.56 bits per heavy atom. The molecular formula is C14H12NO3. The van der Waals surface area contributed by atoms with E-state index in [1.807, 2.05) is 6.92 Å². The number of nitro groups is 1. The fourth-order valence-corrected chi connectivity index (χ4v) is 1.87. The molecule has 18 heavy (non-hydrogen) atoms. The number of nitrogens with zero attached hydrogens (tertiary/aromatic N) is 1. The molecule has 0 atom stereocenters. The van der Waals surface area contributed by atoms with Crippen molar-refractivity contribution in [3.05, 3.63) is 57.6 Å². The maximum absolute atomic E-state index is 11.5. The zero-order chi connectivity index (χ0) is 13.3. The van der Waals surface area contributed by atoms with E-state index in [9.17, 15) is 15.2 Å². The predicted octanol–water partition coefficient (Wildman–Crippen LogP) is 4.02. The Morgan fingerprint density at radius 1 is 0.944 bits per heavy atom. The Balaban J connectivity index is 2.49. The van der Waals surface area contributed by atoms with Crippen LogP contribution in [-0.4, -0.2) is 4.92 Å². The lowest BCUT2D eigenvalue weighted by Crippen LogP contribution is -1.90. The zero-order valence-corrected chi connectivity index (χ0v) is 10.1. The Morgan fingerprint density at radius 3 is 2.11 bits per heavy atom. The van der Waals surface area contributed by atoms with Crippen molar-refractivity contribution in [1.82, 2.24) is 0 Å². The highest BCUT2D eigenvalue weighted by Crippen LogP contribution is 2.31. The number of rotatable bonds is 2. The summed E-state index contributed by atoms with van der Waals surface area (Å²) in [5, 5.41) is 22.1. The molecule has 0 spiro atoms. The first-order chi connectivity index (χ1) is 8.50. The molecule has 4 nitrogen and oxygen atoms in total. The maximum atomic E-state index is 11.5. The van der Waals surface area contributed by atoms with Crippen molar-refractivity contribution in [2.45, 2.75) is 13.8 Å². The SMILES string of the molecule is Cc1c([O])ccc(-c2ccc([N+](=O)[O-])cc2)c1C. The van der Waals surface area contributed by atoms with Gasteiger partial charge in [0.2, 0.25) is 0 Å². The summed E-state index contributed by atoms with van der Waals surface area (Å²) in [6, 6.07) is 9.62. The first-order valence-corrected chi connectivity index (χ1v) is 5.52. The molecule has 4 heteroatoms. The second kappa shape index (κ2) is 4.49. The van der Waals surface area contributed by atoms with Crippen molar-refractivity contribution in [2.75, 3.05) is 0 Å². The van der Waals surface area contributed by atoms with Crippen LogP contribution in [0.25, 0.3) is 11.1 Å². The molecule has 91 valence electrons. The van der Waals surface area contributed by atoms with Gasteiger partial charge in [0.15, 0.2) is 5.75 Å². The molecule has 0 bridgehead atoms. The van der Waals surface area contributed by atoms with E-state index in [-0.39, 0.29) is 11.4 Å². The monoisotopic (exact) mass is 242 g/mol. The van der Waals surface area contributed by atoms with E-state index in [2.05, 4.69) is 0 Å². The smallest absolute Gasteiger partial charge is 0.269 e. The third-order valence-electron chi connectivity index (χ3n) is 3.13. The second-order valence-electron chi connectivity index (χ2n) is 4.17. The average Bonchev–Trinajstić information content (AvgIpc) is 2.36. The Kier molecular flexibility index (Phi) is 3.02. The Bertz CT molecular complexity index is 603. The van der Waals surface area contributed by atoms with Gasteiger partial charge in [0.25, 0.3) is 5.69 Å². The minimum atomic E-state index is -0.428. The fraction of sp³-hybridized carbons (Fsp3) is 0.143. The van der Waals surface area contributed by atoms with Crippen LogP contribution in [0, 0.1) is 24.0 Å². The van der Waals surface area contributed by atoms with Crippen LogP contribution >= 0.6 is 0 Å². The van der Waals surface area contributed by atoms with Crippen molar-refractivity contribution in [3.8, 4) is 16.9 Å². The number of benzene rings is 2. The summed E-state index contributed by atoms with van der Waals surface area (Å²) < 4.78 is 0. The molecule has 0 saturated heterocycles. The molecular weight excluding hydrogens is 230 g/mol. The van der Waals surface area contributed by atoms with Crippen LogP contribution in [0.15, 0.2) is 36.4 Å². The molecule has 2 aromatic rings. The van der Waals surface area contributed by atoms with Gasteiger partial charge in [-0.25, -0.2) is 0 Å². The quantitative estimate of drug-likeness (QED) is 0.589. The summed E-state index contributed by atoms with van der Waals surface area (Å²) in [6.07, 6.45) is 0. The van der Waals surface area contributed by atoms with Gasteiger partial charge in [-0.2, -0.15) is 0 Å². The number of non-ortho nitro benzene ring substituents is 1. The minimum absolute atomic E-state index is 0.0122. The minimum Gasteiger partial charge on any atom is -0.290 e. The van der Waals surface area contributed by atoms with E-state index in [1.54, 1.807) is 25.1 Å². The molecule has 0 amide bonds. The van der Waals surface area contributed by atoms with Gasteiger partial charge >= 0.3 is 0 Å². The molecule has 2 aromatic carbocycles. The summed E-state index contributed by atoms with van der Waals surface area (Å²) >= 11 is 0. The molecule has 0 aliphatic carbocycles. The van der Waals surface area contributed by atoms with Gasteiger partial charge in [-0.1, -0.05) is 6.07 Å². The average molecular weight is 242 g/mol. The normalized spacial score (nSPS) is 10.3. The summed E-state index contributed by atoms with van der Waals surface area (Å²) in [5.41, 5.74) is 3.50. The van der Waals surface area contributed by atoms with Crippen molar-refractivity contribution in [3.63, 3.8) is 0 Å². The number of hydrogen-bond donors (Lipinski definition) is 0. The topological polar surface area (TPSA) is 63.0 Å². The van der Waals surface area contributed by atoms with Crippen molar-refractivity contribution < 1.29 is 10.0 Å². The first-order valence-electron chi connectivity index (χ1n) is 5.52. The Hall–Kier alpha value is -2.36. The molecule has 1 radical (unpaired) electrons. The molecule has 2 rings (SSSR count). The highest BCUT2D eigenvalue weighted by molar-refractivity contribution is 5.70. The number of hydrogen-bond acceptors (Lipinski definition) is 2. The van der Waals surface area contributed by atoms with Gasteiger partial charge in [-0.15, -0.1) is 0 Å². The largest absolute Gasteiger partial charge is 0.290 e. The standard InChI is InChI=1S/C14H12NO3/c1-9-10(2)14(16)8-7-13(9)11-3-5-12(6-4-11)15(17)18/h3-8H,1-2H3. The lowest BCUT2D eigenvalue weighted by atomic mass is 9.96. The lowest BCUT2D eigenvalue weighted by Gasteiger charge is -2.09. The van der Waals surface area contributed by atoms with E-state index in [4.69, 9.17) is 0 Å². The van der Waals surface area contributed by atoms with Gasteiger partial charge in [-0.3, -0.25) is 15.2 Å². The molecule has 0 aliphatic rings. The van der Waals surface area contributed by atoms with Gasteiger partial charge in [-0.05, 0) is 54.3 Å². The van der Waals surface area contributed by atoms with E-state index in [0.717, 1.165) is 16.7 Å².